The van der Waals surface area contributed by atoms with Gasteiger partial charge < -0.3 is 5.32 Å². The van der Waals surface area contributed by atoms with Gasteiger partial charge >= 0.3 is 0 Å². The number of halogens is 2. The summed E-state index contributed by atoms with van der Waals surface area (Å²) in [7, 11) is 0. The van der Waals surface area contributed by atoms with E-state index in [0.717, 1.165) is 12.8 Å². The molecule has 0 bridgehead atoms. The van der Waals surface area contributed by atoms with E-state index in [1.807, 2.05) is 0 Å². The number of rotatable bonds is 3. The van der Waals surface area contributed by atoms with Gasteiger partial charge in [-0.15, -0.1) is 11.6 Å². The van der Waals surface area contributed by atoms with Crippen LogP contribution in [0.1, 0.15) is 36.0 Å². The van der Waals surface area contributed by atoms with Gasteiger partial charge in [-0.3, -0.25) is 4.79 Å². The third-order valence-electron chi connectivity index (χ3n) is 3.45. The lowest BCUT2D eigenvalue weighted by atomic mass is 9.88. The predicted octanol–water partition coefficient (Wildman–Crippen LogP) is 3.87. The van der Waals surface area contributed by atoms with Gasteiger partial charge in [-0.05, 0) is 43.0 Å². The van der Waals surface area contributed by atoms with Crippen LogP contribution in [0.25, 0.3) is 0 Å². The molecule has 1 N–H and O–H groups in total. The van der Waals surface area contributed by atoms with Crippen LogP contribution >= 0.6 is 23.2 Å². The number of carbonyl (C=O) groups is 1. The Labute approximate surface area is 118 Å². The average Bonchev–Trinajstić information content (AvgIpc) is 2.38. The molecule has 1 aliphatic rings. The van der Waals surface area contributed by atoms with Crippen LogP contribution in [0.15, 0.2) is 24.3 Å². The molecule has 0 aromatic heterocycles. The number of alkyl halides is 1. The van der Waals surface area contributed by atoms with Gasteiger partial charge in [0.25, 0.3) is 5.91 Å². The number of amides is 1. The van der Waals surface area contributed by atoms with E-state index in [1.54, 1.807) is 24.3 Å². The Balaban J connectivity index is 1.86. The normalized spacial score (nSPS) is 23.7. The average molecular weight is 286 g/mol. The van der Waals surface area contributed by atoms with Gasteiger partial charge in [-0.2, -0.15) is 0 Å². The number of carbonyl (C=O) groups excluding carboxylic acids is 1. The lowest BCUT2D eigenvalue weighted by Gasteiger charge is -2.27. The highest BCUT2D eigenvalue weighted by molar-refractivity contribution is 6.30. The van der Waals surface area contributed by atoms with Crippen LogP contribution in [0, 0.1) is 5.92 Å². The summed E-state index contributed by atoms with van der Waals surface area (Å²) in [5.41, 5.74) is 0.640. The summed E-state index contributed by atoms with van der Waals surface area (Å²) in [6.07, 6.45) is 4.58. The zero-order valence-electron chi connectivity index (χ0n) is 10.2. The second-order valence-corrected chi connectivity index (χ2v) is 5.77. The van der Waals surface area contributed by atoms with E-state index in [-0.39, 0.29) is 11.3 Å². The Morgan fingerprint density at radius 2 is 1.89 bits per heavy atom. The SMILES string of the molecule is O=C(NCC1CCCCC1Cl)c1ccc(Cl)cc1. The van der Waals surface area contributed by atoms with Crippen LogP contribution in [0.3, 0.4) is 0 Å². The van der Waals surface area contributed by atoms with Gasteiger partial charge in [0.1, 0.15) is 0 Å². The van der Waals surface area contributed by atoms with Crippen molar-refractivity contribution in [3.63, 3.8) is 0 Å². The fourth-order valence-electron chi connectivity index (χ4n) is 2.32. The molecule has 2 unspecified atom stereocenters. The molecular weight excluding hydrogens is 269 g/mol. The second-order valence-electron chi connectivity index (χ2n) is 4.78. The third-order valence-corrected chi connectivity index (χ3v) is 4.27. The standard InChI is InChI=1S/C14H17Cl2NO/c15-12-7-5-10(6-8-12)14(18)17-9-11-3-1-2-4-13(11)16/h5-8,11,13H,1-4,9H2,(H,17,18). The summed E-state index contributed by atoms with van der Waals surface area (Å²) in [5, 5.41) is 3.79. The van der Waals surface area contributed by atoms with Crippen LogP contribution in [0.2, 0.25) is 5.02 Å². The molecule has 0 spiro atoms. The maximum absolute atomic E-state index is 11.9. The molecule has 0 radical (unpaired) electrons. The first kappa shape index (κ1) is 13.7. The first-order valence-corrected chi connectivity index (χ1v) is 7.16. The molecule has 1 aromatic rings. The molecule has 1 saturated carbocycles. The molecule has 4 heteroatoms. The van der Waals surface area contributed by atoms with E-state index in [4.69, 9.17) is 23.2 Å². The van der Waals surface area contributed by atoms with E-state index in [0.29, 0.717) is 23.0 Å². The molecular formula is C14H17Cl2NO. The number of hydrogen-bond donors (Lipinski definition) is 1. The van der Waals surface area contributed by atoms with Gasteiger partial charge in [0.05, 0.1) is 0 Å². The van der Waals surface area contributed by atoms with Crippen molar-refractivity contribution < 1.29 is 4.79 Å². The maximum atomic E-state index is 11.9. The minimum absolute atomic E-state index is 0.0545. The molecule has 1 aromatic carbocycles. The molecule has 0 aliphatic heterocycles. The van der Waals surface area contributed by atoms with E-state index >= 15 is 0 Å². The zero-order valence-corrected chi connectivity index (χ0v) is 11.7. The molecule has 1 fully saturated rings. The van der Waals surface area contributed by atoms with Crippen LogP contribution in [0.5, 0.6) is 0 Å². The number of hydrogen-bond acceptors (Lipinski definition) is 1. The van der Waals surface area contributed by atoms with Crippen LogP contribution < -0.4 is 5.32 Å². The van der Waals surface area contributed by atoms with Crippen molar-refractivity contribution in [3.8, 4) is 0 Å². The van der Waals surface area contributed by atoms with E-state index in [1.165, 1.54) is 12.8 Å². The summed E-state index contributed by atoms with van der Waals surface area (Å²) in [4.78, 5) is 11.9. The molecule has 2 nitrogen and oxygen atoms in total. The molecule has 0 saturated heterocycles. The highest BCUT2D eigenvalue weighted by atomic mass is 35.5. The summed E-state index contributed by atoms with van der Waals surface area (Å²) in [6.45, 7) is 0.662. The fraction of sp³-hybridized carbons (Fsp3) is 0.500. The molecule has 98 valence electrons. The predicted molar refractivity (Wildman–Crippen MR) is 75.4 cm³/mol. The minimum atomic E-state index is -0.0545. The van der Waals surface area contributed by atoms with Gasteiger partial charge in [0.15, 0.2) is 0 Å². The van der Waals surface area contributed by atoms with Crippen molar-refractivity contribution >= 4 is 29.1 Å². The van der Waals surface area contributed by atoms with Crippen molar-refractivity contribution in [2.45, 2.75) is 31.1 Å². The van der Waals surface area contributed by atoms with E-state index in [9.17, 15) is 4.79 Å². The summed E-state index contributed by atoms with van der Waals surface area (Å²) in [6, 6.07) is 6.91. The Morgan fingerprint density at radius 3 is 2.56 bits per heavy atom. The summed E-state index contributed by atoms with van der Waals surface area (Å²) >= 11 is 12.0. The van der Waals surface area contributed by atoms with Gasteiger partial charge in [-0.1, -0.05) is 24.4 Å². The van der Waals surface area contributed by atoms with E-state index < -0.39 is 0 Å². The maximum Gasteiger partial charge on any atom is 0.251 e. The number of nitrogens with one attached hydrogen (secondary N) is 1. The van der Waals surface area contributed by atoms with Crippen LogP contribution in [-0.2, 0) is 0 Å². The molecule has 2 atom stereocenters. The Kier molecular flexibility index (Phi) is 4.90. The van der Waals surface area contributed by atoms with Gasteiger partial charge in [0, 0.05) is 22.5 Å². The van der Waals surface area contributed by atoms with Crippen molar-refractivity contribution in [2.24, 2.45) is 5.92 Å². The van der Waals surface area contributed by atoms with Crippen molar-refractivity contribution in [1.82, 2.24) is 5.32 Å². The summed E-state index contributed by atoms with van der Waals surface area (Å²) in [5.74, 6) is 0.345. The minimum Gasteiger partial charge on any atom is -0.352 e. The van der Waals surface area contributed by atoms with Gasteiger partial charge in [-0.25, -0.2) is 0 Å². The topological polar surface area (TPSA) is 29.1 Å². The monoisotopic (exact) mass is 285 g/mol. The molecule has 1 aliphatic carbocycles. The Hall–Kier alpha value is -0.730. The smallest absolute Gasteiger partial charge is 0.251 e. The lowest BCUT2D eigenvalue weighted by molar-refractivity contribution is 0.0944. The molecule has 18 heavy (non-hydrogen) atoms. The van der Waals surface area contributed by atoms with Crippen LogP contribution in [0.4, 0.5) is 0 Å². The molecule has 1 amide bonds. The Bertz CT molecular complexity index is 405. The van der Waals surface area contributed by atoms with Crippen molar-refractivity contribution in [3.05, 3.63) is 34.9 Å². The van der Waals surface area contributed by atoms with E-state index in [2.05, 4.69) is 5.32 Å². The first-order valence-electron chi connectivity index (χ1n) is 6.34. The van der Waals surface area contributed by atoms with Crippen molar-refractivity contribution in [1.29, 1.82) is 0 Å². The highest BCUT2D eigenvalue weighted by Gasteiger charge is 2.23. The Morgan fingerprint density at radius 1 is 1.22 bits per heavy atom. The fourth-order valence-corrected chi connectivity index (χ4v) is 2.81. The quantitative estimate of drug-likeness (QED) is 0.840. The lowest BCUT2D eigenvalue weighted by Crippen LogP contribution is -2.34. The largest absolute Gasteiger partial charge is 0.352 e. The zero-order chi connectivity index (χ0) is 13.0. The third kappa shape index (κ3) is 3.63. The summed E-state index contributed by atoms with van der Waals surface area (Å²) < 4.78 is 0. The van der Waals surface area contributed by atoms with Crippen molar-refractivity contribution in [2.75, 3.05) is 6.54 Å². The first-order chi connectivity index (χ1) is 8.66. The molecule has 0 heterocycles. The van der Waals surface area contributed by atoms with Crippen LogP contribution in [-0.4, -0.2) is 17.8 Å². The van der Waals surface area contributed by atoms with Gasteiger partial charge in [0.2, 0.25) is 0 Å². The number of benzene rings is 1. The highest BCUT2D eigenvalue weighted by Crippen LogP contribution is 2.28. The second kappa shape index (κ2) is 6.44. The molecule has 2 rings (SSSR count).